The Labute approximate surface area is 102 Å². The minimum atomic E-state index is 0.503. The van der Waals surface area contributed by atoms with Crippen LogP contribution >= 0.6 is 11.6 Å². The van der Waals surface area contributed by atoms with Gasteiger partial charge >= 0.3 is 0 Å². The molecular weight excluding hydrogens is 222 g/mol. The van der Waals surface area contributed by atoms with E-state index in [2.05, 4.69) is 21.9 Å². The zero-order valence-electron chi connectivity index (χ0n) is 9.69. The summed E-state index contributed by atoms with van der Waals surface area (Å²) in [4.78, 5) is 10.8. The molecule has 3 nitrogen and oxygen atoms in total. The molecule has 2 rings (SSSR count). The molecule has 1 saturated heterocycles. The van der Waals surface area contributed by atoms with Gasteiger partial charge in [0.25, 0.3) is 0 Å². The Bertz CT molecular complexity index is 343. The smallest absolute Gasteiger partial charge is 0.147 e. The Morgan fingerprint density at radius 1 is 1.38 bits per heavy atom. The maximum absolute atomic E-state index is 5.84. The highest BCUT2D eigenvalue weighted by atomic mass is 35.5. The molecule has 0 radical (unpaired) electrons. The van der Waals surface area contributed by atoms with E-state index in [0.29, 0.717) is 5.15 Å². The maximum atomic E-state index is 5.84. The lowest BCUT2D eigenvalue weighted by molar-refractivity contribution is 0.341. The van der Waals surface area contributed by atoms with E-state index in [9.17, 15) is 0 Å². The van der Waals surface area contributed by atoms with E-state index in [4.69, 9.17) is 11.6 Å². The van der Waals surface area contributed by atoms with Gasteiger partial charge in [0.15, 0.2) is 0 Å². The van der Waals surface area contributed by atoms with E-state index in [1.807, 2.05) is 6.20 Å². The van der Waals surface area contributed by atoms with Gasteiger partial charge in [0.1, 0.15) is 5.15 Å². The molecule has 0 N–H and O–H groups in total. The van der Waals surface area contributed by atoms with E-state index < -0.39 is 0 Å². The fourth-order valence-corrected chi connectivity index (χ4v) is 2.45. The van der Waals surface area contributed by atoms with Crippen LogP contribution in [0, 0.1) is 5.92 Å². The summed E-state index contributed by atoms with van der Waals surface area (Å²) in [5.41, 5.74) is 1.03. The first-order chi connectivity index (χ1) is 7.74. The molecule has 4 heteroatoms. The molecule has 1 atom stereocenters. The third kappa shape index (κ3) is 3.42. The Morgan fingerprint density at radius 2 is 2.25 bits per heavy atom. The first kappa shape index (κ1) is 11.8. The van der Waals surface area contributed by atoms with Crippen LogP contribution < -0.4 is 0 Å². The van der Waals surface area contributed by atoms with Crippen molar-refractivity contribution in [3.05, 3.63) is 23.2 Å². The number of rotatable bonds is 2. The highest BCUT2D eigenvalue weighted by molar-refractivity contribution is 6.29. The lowest BCUT2D eigenvalue weighted by Gasteiger charge is -2.14. The number of halogens is 1. The zero-order chi connectivity index (χ0) is 11.4. The predicted octanol–water partition coefficient (Wildman–Crippen LogP) is 2.40. The van der Waals surface area contributed by atoms with Crippen molar-refractivity contribution in [1.82, 2.24) is 14.9 Å². The summed E-state index contributed by atoms with van der Waals surface area (Å²) in [5, 5.41) is 0.503. The summed E-state index contributed by atoms with van der Waals surface area (Å²) < 4.78 is 0. The van der Waals surface area contributed by atoms with Crippen molar-refractivity contribution >= 4 is 11.6 Å². The van der Waals surface area contributed by atoms with Crippen molar-refractivity contribution in [2.75, 3.05) is 20.1 Å². The van der Waals surface area contributed by atoms with Gasteiger partial charge in [0.05, 0.1) is 11.9 Å². The van der Waals surface area contributed by atoms with Gasteiger partial charge in [-0.2, -0.15) is 0 Å². The topological polar surface area (TPSA) is 29.0 Å². The zero-order valence-corrected chi connectivity index (χ0v) is 10.5. The first-order valence-electron chi connectivity index (χ1n) is 5.89. The van der Waals surface area contributed by atoms with E-state index in [0.717, 1.165) is 18.0 Å². The van der Waals surface area contributed by atoms with Gasteiger partial charge in [-0.3, -0.25) is 4.98 Å². The lowest BCUT2D eigenvalue weighted by Crippen LogP contribution is -2.19. The second-order valence-corrected chi connectivity index (χ2v) is 5.02. The Kier molecular flexibility index (Phi) is 4.13. The van der Waals surface area contributed by atoms with Gasteiger partial charge in [-0.05, 0) is 51.7 Å². The van der Waals surface area contributed by atoms with Gasteiger partial charge < -0.3 is 4.90 Å². The quantitative estimate of drug-likeness (QED) is 0.794. The minimum absolute atomic E-state index is 0.503. The number of aromatic nitrogens is 2. The molecular formula is C12H18ClN3. The third-order valence-electron chi connectivity index (χ3n) is 3.22. The lowest BCUT2D eigenvalue weighted by atomic mass is 9.95. The highest BCUT2D eigenvalue weighted by Crippen LogP contribution is 2.20. The van der Waals surface area contributed by atoms with Crippen LogP contribution in [0.1, 0.15) is 25.0 Å². The van der Waals surface area contributed by atoms with Crippen molar-refractivity contribution in [3.8, 4) is 0 Å². The molecule has 1 aliphatic heterocycles. The summed E-state index contributed by atoms with van der Waals surface area (Å²) >= 11 is 5.84. The van der Waals surface area contributed by atoms with Crippen molar-refractivity contribution in [2.24, 2.45) is 5.92 Å². The van der Waals surface area contributed by atoms with E-state index in [1.165, 1.54) is 32.4 Å². The molecule has 1 aromatic rings. The standard InChI is InChI=1S/C12H18ClN3/c1-16-5-2-3-10(4-6-16)7-11-8-14-9-12(13)15-11/h8-10H,2-7H2,1H3/t10-/m0/s1. The molecule has 0 unspecified atom stereocenters. The number of nitrogens with zero attached hydrogens (tertiary/aromatic N) is 3. The molecule has 88 valence electrons. The molecule has 0 bridgehead atoms. The second kappa shape index (κ2) is 5.60. The van der Waals surface area contributed by atoms with Gasteiger partial charge in [-0.1, -0.05) is 11.6 Å². The largest absolute Gasteiger partial charge is 0.306 e. The van der Waals surface area contributed by atoms with Crippen LogP contribution in [0.5, 0.6) is 0 Å². The summed E-state index contributed by atoms with van der Waals surface area (Å²) in [6.45, 7) is 2.41. The molecule has 0 spiro atoms. The molecule has 0 saturated carbocycles. The normalized spacial score (nSPS) is 23.0. The molecule has 1 fully saturated rings. The maximum Gasteiger partial charge on any atom is 0.147 e. The molecule has 16 heavy (non-hydrogen) atoms. The molecule has 0 aromatic carbocycles. The Balaban J connectivity index is 1.93. The van der Waals surface area contributed by atoms with Crippen molar-refractivity contribution < 1.29 is 0 Å². The summed E-state index contributed by atoms with van der Waals surface area (Å²) in [5.74, 6) is 0.734. The highest BCUT2D eigenvalue weighted by Gasteiger charge is 2.15. The molecule has 1 aliphatic rings. The van der Waals surface area contributed by atoms with Crippen LogP contribution in [0.4, 0.5) is 0 Å². The van der Waals surface area contributed by atoms with Crippen LogP contribution in [0.25, 0.3) is 0 Å². The minimum Gasteiger partial charge on any atom is -0.306 e. The van der Waals surface area contributed by atoms with Crippen molar-refractivity contribution in [2.45, 2.75) is 25.7 Å². The summed E-state index contributed by atoms with van der Waals surface area (Å²) in [7, 11) is 2.20. The SMILES string of the molecule is CN1CCC[C@H](Cc2cncc(Cl)n2)CC1. The molecule has 0 amide bonds. The van der Waals surface area contributed by atoms with Crippen LogP contribution in [-0.4, -0.2) is 35.0 Å². The number of likely N-dealkylation sites (tertiary alicyclic amines) is 1. The number of hydrogen-bond acceptors (Lipinski definition) is 3. The first-order valence-corrected chi connectivity index (χ1v) is 6.27. The van der Waals surface area contributed by atoms with Crippen LogP contribution in [0.3, 0.4) is 0 Å². The molecule has 1 aromatic heterocycles. The molecule has 2 heterocycles. The monoisotopic (exact) mass is 239 g/mol. The fraction of sp³-hybridized carbons (Fsp3) is 0.667. The average molecular weight is 240 g/mol. The fourth-order valence-electron chi connectivity index (χ4n) is 2.29. The second-order valence-electron chi connectivity index (χ2n) is 4.64. The van der Waals surface area contributed by atoms with Gasteiger partial charge in [0.2, 0.25) is 0 Å². The summed E-state index contributed by atoms with van der Waals surface area (Å²) in [6, 6.07) is 0. The van der Waals surface area contributed by atoms with E-state index in [1.54, 1.807) is 6.20 Å². The van der Waals surface area contributed by atoms with Crippen LogP contribution in [-0.2, 0) is 6.42 Å². The molecule has 0 aliphatic carbocycles. The van der Waals surface area contributed by atoms with E-state index in [-0.39, 0.29) is 0 Å². The van der Waals surface area contributed by atoms with Gasteiger partial charge in [-0.25, -0.2) is 4.98 Å². The Morgan fingerprint density at radius 3 is 3.06 bits per heavy atom. The predicted molar refractivity (Wildman–Crippen MR) is 65.6 cm³/mol. The van der Waals surface area contributed by atoms with Crippen molar-refractivity contribution in [3.63, 3.8) is 0 Å². The van der Waals surface area contributed by atoms with E-state index >= 15 is 0 Å². The number of hydrogen-bond donors (Lipinski definition) is 0. The van der Waals surface area contributed by atoms with Crippen LogP contribution in [0.2, 0.25) is 5.15 Å². The summed E-state index contributed by atoms with van der Waals surface area (Å²) in [6.07, 6.45) is 8.27. The van der Waals surface area contributed by atoms with Crippen LogP contribution in [0.15, 0.2) is 12.4 Å². The van der Waals surface area contributed by atoms with Crippen molar-refractivity contribution in [1.29, 1.82) is 0 Å². The Hall–Kier alpha value is -0.670. The van der Waals surface area contributed by atoms with Gasteiger partial charge in [-0.15, -0.1) is 0 Å². The average Bonchev–Trinajstić information content (AvgIpc) is 2.44. The van der Waals surface area contributed by atoms with Gasteiger partial charge in [0, 0.05) is 6.20 Å². The third-order valence-corrected chi connectivity index (χ3v) is 3.41.